The van der Waals surface area contributed by atoms with Crippen LogP contribution >= 0.6 is 0 Å². The molecule has 154 valence electrons. The summed E-state index contributed by atoms with van der Waals surface area (Å²) in [5.41, 5.74) is 1.83. The number of anilines is 1. The van der Waals surface area contributed by atoms with Gasteiger partial charge in [-0.1, -0.05) is 17.7 Å². The molecule has 3 rings (SSSR count). The summed E-state index contributed by atoms with van der Waals surface area (Å²) in [6.45, 7) is 1.89. The number of carbonyl (C=O) groups is 2. The minimum atomic E-state index is -0.532. The van der Waals surface area contributed by atoms with E-state index in [9.17, 15) is 9.59 Å². The number of ether oxygens (including phenoxy) is 2. The van der Waals surface area contributed by atoms with Crippen molar-refractivity contribution in [3.63, 3.8) is 0 Å². The first-order valence-electron chi connectivity index (χ1n) is 9.16. The van der Waals surface area contributed by atoms with Crippen molar-refractivity contribution in [1.82, 2.24) is 5.32 Å². The van der Waals surface area contributed by atoms with Crippen LogP contribution in [0.4, 0.5) is 5.69 Å². The molecule has 0 aliphatic heterocycles. The molecule has 0 unspecified atom stereocenters. The lowest BCUT2D eigenvalue weighted by Gasteiger charge is -2.14. The summed E-state index contributed by atoms with van der Waals surface area (Å²) < 4.78 is 15.8. The standard InChI is InChI=1S/C23H22N2O5/c1-15-6-4-7-16(12-15)22(26)25-20(13-18-8-5-11-30-18)23(27)24-19-10-9-17(28-2)14-21(19)29-3/h4-14H,1-3H3,(H,24,27)(H,25,26)/b20-13-. The Morgan fingerprint density at radius 3 is 2.50 bits per heavy atom. The van der Waals surface area contributed by atoms with Crippen LogP contribution in [0.5, 0.6) is 11.5 Å². The summed E-state index contributed by atoms with van der Waals surface area (Å²) in [5, 5.41) is 5.41. The van der Waals surface area contributed by atoms with Crippen LogP contribution in [-0.2, 0) is 4.79 Å². The molecule has 1 aromatic heterocycles. The minimum Gasteiger partial charge on any atom is -0.497 e. The van der Waals surface area contributed by atoms with Crippen LogP contribution in [0.2, 0.25) is 0 Å². The fourth-order valence-corrected chi connectivity index (χ4v) is 2.75. The molecule has 7 heteroatoms. The van der Waals surface area contributed by atoms with E-state index in [1.54, 1.807) is 48.5 Å². The van der Waals surface area contributed by atoms with E-state index >= 15 is 0 Å². The number of aryl methyl sites for hydroxylation is 1. The Bertz CT molecular complexity index is 1070. The van der Waals surface area contributed by atoms with E-state index in [1.807, 2.05) is 13.0 Å². The van der Waals surface area contributed by atoms with Gasteiger partial charge in [-0.2, -0.15) is 0 Å². The largest absolute Gasteiger partial charge is 0.497 e. The van der Waals surface area contributed by atoms with Gasteiger partial charge in [-0.05, 0) is 43.3 Å². The maximum Gasteiger partial charge on any atom is 0.272 e. The topological polar surface area (TPSA) is 89.8 Å². The Labute approximate surface area is 174 Å². The van der Waals surface area contributed by atoms with Crippen LogP contribution in [0.1, 0.15) is 21.7 Å². The van der Waals surface area contributed by atoms with Gasteiger partial charge in [0.05, 0.1) is 26.2 Å². The zero-order valence-electron chi connectivity index (χ0n) is 16.9. The number of benzene rings is 2. The summed E-state index contributed by atoms with van der Waals surface area (Å²) in [7, 11) is 3.03. The van der Waals surface area contributed by atoms with Gasteiger partial charge in [0.15, 0.2) is 0 Å². The van der Waals surface area contributed by atoms with Crippen LogP contribution in [0.25, 0.3) is 6.08 Å². The van der Waals surface area contributed by atoms with E-state index in [0.717, 1.165) is 5.56 Å². The van der Waals surface area contributed by atoms with Crippen molar-refractivity contribution in [3.8, 4) is 11.5 Å². The molecule has 2 aromatic carbocycles. The molecule has 1 heterocycles. The normalized spacial score (nSPS) is 11.0. The van der Waals surface area contributed by atoms with E-state index in [4.69, 9.17) is 13.9 Å². The predicted octanol–water partition coefficient (Wildman–Crippen LogP) is 4.01. The molecule has 0 saturated carbocycles. The van der Waals surface area contributed by atoms with Gasteiger partial charge in [0.2, 0.25) is 0 Å². The van der Waals surface area contributed by atoms with Crippen LogP contribution in [0, 0.1) is 6.92 Å². The Balaban J connectivity index is 1.87. The van der Waals surface area contributed by atoms with Gasteiger partial charge in [-0.15, -0.1) is 0 Å². The van der Waals surface area contributed by atoms with Gasteiger partial charge in [0.1, 0.15) is 23.0 Å². The summed E-state index contributed by atoms with van der Waals surface area (Å²) in [4.78, 5) is 25.7. The number of hydrogen-bond acceptors (Lipinski definition) is 5. The summed E-state index contributed by atoms with van der Waals surface area (Å²) in [5.74, 6) is 0.490. The van der Waals surface area contributed by atoms with Gasteiger partial charge in [-0.3, -0.25) is 9.59 Å². The SMILES string of the molecule is COc1ccc(NC(=O)/C(=C/c2ccco2)NC(=O)c2cccc(C)c2)c(OC)c1. The molecule has 3 aromatic rings. The lowest BCUT2D eigenvalue weighted by atomic mass is 10.1. The van der Waals surface area contributed by atoms with E-state index in [1.165, 1.54) is 26.6 Å². The van der Waals surface area contributed by atoms with E-state index < -0.39 is 11.8 Å². The molecular formula is C23H22N2O5. The first-order valence-corrected chi connectivity index (χ1v) is 9.16. The number of carbonyl (C=O) groups excluding carboxylic acids is 2. The quantitative estimate of drug-likeness (QED) is 0.579. The van der Waals surface area contributed by atoms with Crippen molar-refractivity contribution in [2.45, 2.75) is 6.92 Å². The molecule has 0 aliphatic rings. The molecule has 0 atom stereocenters. The molecule has 0 spiro atoms. The molecule has 0 radical (unpaired) electrons. The number of hydrogen-bond donors (Lipinski definition) is 2. The third kappa shape index (κ3) is 5.08. The zero-order valence-corrected chi connectivity index (χ0v) is 16.9. The third-order valence-electron chi connectivity index (χ3n) is 4.26. The van der Waals surface area contributed by atoms with Crippen LogP contribution in [-0.4, -0.2) is 26.0 Å². The fraction of sp³-hybridized carbons (Fsp3) is 0.130. The molecule has 0 saturated heterocycles. The molecule has 0 fully saturated rings. The molecule has 0 bridgehead atoms. The smallest absolute Gasteiger partial charge is 0.272 e. The van der Waals surface area contributed by atoms with E-state index in [2.05, 4.69) is 10.6 Å². The van der Waals surface area contributed by atoms with Crippen molar-refractivity contribution >= 4 is 23.6 Å². The fourth-order valence-electron chi connectivity index (χ4n) is 2.75. The summed E-state index contributed by atoms with van der Waals surface area (Å²) >= 11 is 0. The lowest BCUT2D eigenvalue weighted by Crippen LogP contribution is -2.30. The molecule has 2 amide bonds. The maximum absolute atomic E-state index is 13.0. The lowest BCUT2D eigenvalue weighted by molar-refractivity contribution is -0.113. The maximum atomic E-state index is 13.0. The second kappa shape index (κ2) is 9.47. The Kier molecular flexibility index (Phi) is 6.54. The summed E-state index contributed by atoms with van der Waals surface area (Å²) in [6, 6.07) is 15.5. The Hall–Kier alpha value is -4.00. The second-order valence-electron chi connectivity index (χ2n) is 6.42. The van der Waals surface area contributed by atoms with Gasteiger partial charge < -0.3 is 24.5 Å². The zero-order chi connectivity index (χ0) is 21.5. The number of furan rings is 1. The van der Waals surface area contributed by atoms with Crippen LogP contribution in [0.15, 0.2) is 71.0 Å². The van der Waals surface area contributed by atoms with E-state index in [0.29, 0.717) is 28.5 Å². The average Bonchev–Trinajstić information content (AvgIpc) is 3.26. The highest BCUT2D eigenvalue weighted by atomic mass is 16.5. The van der Waals surface area contributed by atoms with E-state index in [-0.39, 0.29) is 5.70 Å². The van der Waals surface area contributed by atoms with Crippen molar-refractivity contribution < 1.29 is 23.5 Å². The Morgan fingerprint density at radius 1 is 1.00 bits per heavy atom. The molecule has 30 heavy (non-hydrogen) atoms. The van der Waals surface area contributed by atoms with Gasteiger partial charge in [0.25, 0.3) is 11.8 Å². The minimum absolute atomic E-state index is 0.0225. The predicted molar refractivity (Wildman–Crippen MR) is 114 cm³/mol. The first-order chi connectivity index (χ1) is 14.5. The van der Waals surface area contributed by atoms with Crippen molar-refractivity contribution in [3.05, 3.63) is 83.4 Å². The molecule has 0 aliphatic carbocycles. The highest BCUT2D eigenvalue weighted by molar-refractivity contribution is 6.11. The van der Waals surface area contributed by atoms with Gasteiger partial charge >= 0.3 is 0 Å². The van der Waals surface area contributed by atoms with Crippen molar-refractivity contribution in [1.29, 1.82) is 0 Å². The number of rotatable bonds is 7. The molecular weight excluding hydrogens is 384 g/mol. The molecule has 7 nitrogen and oxygen atoms in total. The van der Waals surface area contributed by atoms with Crippen LogP contribution < -0.4 is 20.1 Å². The summed E-state index contributed by atoms with van der Waals surface area (Å²) in [6.07, 6.45) is 2.94. The third-order valence-corrected chi connectivity index (χ3v) is 4.26. The second-order valence-corrected chi connectivity index (χ2v) is 6.42. The number of amides is 2. The first kappa shape index (κ1) is 20.7. The van der Waals surface area contributed by atoms with Gasteiger partial charge in [0, 0.05) is 17.7 Å². The Morgan fingerprint density at radius 2 is 1.83 bits per heavy atom. The van der Waals surface area contributed by atoms with Crippen molar-refractivity contribution in [2.75, 3.05) is 19.5 Å². The van der Waals surface area contributed by atoms with Crippen LogP contribution in [0.3, 0.4) is 0 Å². The van der Waals surface area contributed by atoms with Crippen molar-refractivity contribution in [2.24, 2.45) is 0 Å². The number of methoxy groups -OCH3 is 2. The average molecular weight is 406 g/mol. The highest BCUT2D eigenvalue weighted by Gasteiger charge is 2.17. The molecule has 2 N–H and O–H groups in total. The van der Waals surface area contributed by atoms with Gasteiger partial charge in [-0.25, -0.2) is 0 Å². The highest BCUT2D eigenvalue weighted by Crippen LogP contribution is 2.29. The number of nitrogens with one attached hydrogen (secondary N) is 2. The monoisotopic (exact) mass is 406 g/mol.